The number of fused-ring (bicyclic) bond motifs is 1. The summed E-state index contributed by atoms with van der Waals surface area (Å²) in [6, 6.07) is 1.86. The van der Waals surface area contributed by atoms with Gasteiger partial charge in [-0.1, -0.05) is 0 Å². The molecule has 1 aliphatic carbocycles. The maximum absolute atomic E-state index is 10.0. The fourth-order valence-electron chi connectivity index (χ4n) is 2.28. The summed E-state index contributed by atoms with van der Waals surface area (Å²) in [5.74, 6) is 1.26. The summed E-state index contributed by atoms with van der Waals surface area (Å²) in [6.45, 7) is 0.357. The second kappa shape index (κ2) is 4.11. The predicted molar refractivity (Wildman–Crippen MR) is 59.2 cm³/mol. The third-order valence-corrected chi connectivity index (χ3v) is 3.10. The van der Waals surface area contributed by atoms with Crippen molar-refractivity contribution in [2.45, 2.75) is 32.2 Å². The number of benzene rings is 1. The molecule has 0 atom stereocenters. The summed E-state index contributed by atoms with van der Waals surface area (Å²) in [5, 5.41) is 10.0. The minimum absolute atomic E-state index is 0.357. The number of methoxy groups -OCH3 is 1. The Bertz CT molecular complexity index is 374. The molecule has 82 valence electrons. The Hall–Kier alpha value is -1.22. The lowest BCUT2D eigenvalue weighted by Crippen LogP contribution is -2.08. The normalized spacial score (nSPS) is 14.8. The van der Waals surface area contributed by atoms with E-state index in [0.29, 0.717) is 12.3 Å². The Labute approximate surface area is 89.9 Å². The van der Waals surface area contributed by atoms with Gasteiger partial charge in [0, 0.05) is 23.2 Å². The molecule has 0 fully saturated rings. The van der Waals surface area contributed by atoms with Gasteiger partial charge in [-0.25, -0.2) is 0 Å². The first-order valence-electron chi connectivity index (χ1n) is 5.38. The third kappa shape index (κ3) is 1.67. The van der Waals surface area contributed by atoms with Gasteiger partial charge in [-0.2, -0.15) is 0 Å². The number of phenolic OH excluding ortho intramolecular Hbond substituents is 1. The van der Waals surface area contributed by atoms with Crippen LogP contribution in [0.4, 0.5) is 0 Å². The van der Waals surface area contributed by atoms with Gasteiger partial charge in [-0.3, -0.25) is 0 Å². The lowest BCUT2D eigenvalue weighted by Gasteiger charge is -2.21. The molecule has 3 heteroatoms. The van der Waals surface area contributed by atoms with Crippen molar-refractivity contribution in [2.24, 2.45) is 5.73 Å². The van der Waals surface area contributed by atoms with E-state index in [1.165, 1.54) is 12.0 Å². The molecule has 0 unspecified atom stereocenters. The minimum atomic E-state index is 0.357. The number of ether oxygens (including phenoxy) is 1. The fourth-order valence-corrected chi connectivity index (χ4v) is 2.28. The first-order chi connectivity index (χ1) is 7.27. The van der Waals surface area contributed by atoms with Crippen molar-refractivity contribution in [3.63, 3.8) is 0 Å². The summed E-state index contributed by atoms with van der Waals surface area (Å²) in [7, 11) is 1.67. The number of hydrogen-bond acceptors (Lipinski definition) is 3. The average Bonchev–Trinajstić information content (AvgIpc) is 2.30. The standard InChI is InChI=1S/C12H17NO2/c1-15-11-6-8(7-13)12(14)10-5-3-2-4-9(10)11/h6,14H,2-5,7,13H2,1H3. The van der Waals surface area contributed by atoms with Crippen molar-refractivity contribution in [2.75, 3.05) is 7.11 Å². The van der Waals surface area contributed by atoms with Crippen molar-refractivity contribution < 1.29 is 9.84 Å². The summed E-state index contributed by atoms with van der Waals surface area (Å²) in [6.07, 6.45) is 4.24. The highest BCUT2D eigenvalue weighted by atomic mass is 16.5. The van der Waals surface area contributed by atoms with Crippen LogP contribution in [-0.2, 0) is 19.4 Å². The topological polar surface area (TPSA) is 55.5 Å². The summed E-state index contributed by atoms with van der Waals surface area (Å²) < 4.78 is 5.34. The van der Waals surface area contributed by atoms with Gasteiger partial charge in [0.1, 0.15) is 11.5 Å². The number of phenols is 1. The first kappa shape index (κ1) is 10.3. The van der Waals surface area contributed by atoms with Gasteiger partial charge in [0.15, 0.2) is 0 Å². The Morgan fingerprint density at radius 3 is 2.60 bits per heavy atom. The first-order valence-corrected chi connectivity index (χ1v) is 5.38. The zero-order valence-corrected chi connectivity index (χ0v) is 9.05. The molecule has 0 aliphatic heterocycles. The molecular weight excluding hydrogens is 190 g/mol. The van der Waals surface area contributed by atoms with Gasteiger partial charge < -0.3 is 15.6 Å². The minimum Gasteiger partial charge on any atom is -0.507 e. The second-order valence-electron chi connectivity index (χ2n) is 3.95. The number of aromatic hydroxyl groups is 1. The van der Waals surface area contributed by atoms with E-state index in [-0.39, 0.29) is 0 Å². The van der Waals surface area contributed by atoms with E-state index < -0.39 is 0 Å². The third-order valence-electron chi connectivity index (χ3n) is 3.10. The van der Waals surface area contributed by atoms with E-state index in [1.54, 1.807) is 7.11 Å². The van der Waals surface area contributed by atoms with Gasteiger partial charge in [-0.05, 0) is 31.7 Å². The summed E-state index contributed by atoms with van der Waals surface area (Å²) in [5.41, 5.74) is 8.58. The molecule has 2 rings (SSSR count). The molecule has 1 aliphatic rings. The maximum atomic E-state index is 10.0. The molecule has 0 bridgehead atoms. The summed E-state index contributed by atoms with van der Waals surface area (Å²) in [4.78, 5) is 0. The molecule has 0 spiro atoms. The highest BCUT2D eigenvalue weighted by Crippen LogP contribution is 2.38. The Balaban J connectivity index is 2.58. The van der Waals surface area contributed by atoms with Crippen molar-refractivity contribution in [3.8, 4) is 11.5 Å². The molecular formula is C12H17NO2. The van der Waals surface area contributed by atoms with E-state index in [2.05, 4.69) is 0 Å². The molecule has 3 nitrogen and oxygen atoms in total. The van der Waals surface area contributed by atoms with Gasteiger partial charge in [-0.15, -0.1) is 0 Å². The van der Waals surface area contributed by atoms with Crippen LogP contribution in [0.5, 0.6) is 11.5 Å². The molecule has 0 aromatic heterocycles. The molecule has 0 radical (unpaired) electrons. The van der Waals surface area contributed by atoms with Gasteiger partial charge >= 0.3 is 0 Å². The second-order valence-corrected chi connectivity index (χ2v) is 3.95. The van der Waals surface area contributed by atoms with Gasteiger partial charge in [0.25, 0.3) is 0 Å². The monoisotopic (exact) mass is 207 g/mol. The van der Waals surface area contributed by atoms with Crippen molar-refractivity contribution in [3.05, 3.63) is 22.8 Å². The van der Waals surface area contributed by atoms with Crippen molar-refractivity contribution in [1.29, 1.82) is 0 Å². The molecule has 1 aromatic rings. The number of rotatable bonds is 2. The van der Waals surface area contributed by atoms with E-state index in [9.17, 15) is 5.11 Å². The van der Waals surface area contributed by atoms with Crippen LogP contribution < -0.4 is 10.5 Å². The molecule has 0 saturated heterocycles. The lowest BCUT2D eigenvalue weighted by atomic mass is 9.88. The van der Waals surface area contributed by atoms with Gasteiger partial charge in [0.05, 0.1) is 7.11 Å². The molecule has 3 N–H and O–H groups in total. The summed E-state index contributed by atoms with van der Waals surface area (Å²) >= 11 is 0. The van der Waals surface area contributed by atoms with Crippen LogP contribution >= 0.6 is 0 Å². The SMILES string of the molecule is COc1cc(CN)c(O)c2c1CCCC2. The lowest BCUT2D eigenvalue weighted by molar-refractivity contribution is 0.398. The Morgan fingerprint density at radius 2 is 2.00 bits per heavy atom. The quantitative estimate of drug-likeness (QED) is 0.776. The van der Waals surface area contributed by atoms with E-state index >= 15 is 0 Å². The van der Waals surface area contributed by atoms with Crippen LogP contribution in [0.25, 0.3) is 0 Å². The molecule has 15 heavy (non-hydrogen) atoms. The molecule has 1 aromatic carbocycles. The largest absolute Gasteiger partial charge is 0.507 e. The Morgan fingerprint density at radius 1 is 1.33 bits per heavy atom. The zero-order valence-electron chi connectivity index (χ0n) is 9.05. The van der Waals surface area contributed by atoms with Crippen LogP contribution in [0.1, 0.15) is 29.5 Å². The Kier molecular flexibility index (Phi) is 2.82. The highest BCUT2D eigenvalue weighted by Gasteiger charge is 2.20. The molecule has 0 heterocycles. The van der Waals surface area contributed by atoms with E-state index in [1.807, 2.05) is 6.07 Å². The average molecular weight is 207 g/mol. The van der Waals surface area contributed by atoms with E-state index in [0.717, 1.165) is 36.1 Å². The molecule has 0 saturated carbocycles. The van der Waals surface area contributed by atoms with Crippen molar-refractivity contribution in [1.82, 2.24) is 0 Å². The smallest absolute Gasteiger partial charge is 0.123 e. The highest BCUT2D eigenvalue weighted by molar-refractivity contribution is 5.54. The number of nitrogens with two attached hydrogens (primary N) is 1. The predicted octanol–water partition coefficient (Wildman–Crippen LogP) is 1.74. The van der Waals surface area contributed by atoms with Crippen LogP contribution in [0.2, 0.25) is 0 Å². The fraction of sp³-hybridized carbons (Fsp3) is 0.500. The van der Waals surface area contributed by atoms with Crippen LogP contribution in [0.15, 0.2) is 6.07 Å². The van der Waals surface area contributed by atoms with Crippen LogP contribution in [-0.4, -0.2) is 12.2 Å². The number of hydrogen-bond donors (Lipinski definition) is 2. The molecule has 0 amide bonds. The zero-order chi connectivity index (χ0) is 10.8. The van der Waals surface area contributed by atoms with Gasteiger partial charge in [0.2, 0.25) is 0 Å². The maximum Gasteiger partial charge on any atom is 0.123 e. The van der Waals surface area contributed by atoms with Crippen molar-refractivity contribution >= 4 is 0 Å². The van der Waals surface area contributed by atoms with E-state index in [4.69, 9.17) is 10.5 Å². The van der Waals surface area contributed by atoms with Crippen LogP contribution in [0.3, 0.4) is 0 Å². The van der Waals surface area contributed by atoms with Crippen LogP contribution in [0, 0.1) is 0 Å².